The third-order valence-corrected chi connectivity index (χ3v) is 5.21. The predicted molar refractivity (Wildman–Crippen MR) is 145 cm³/mol. The summed E-state index contributed by atoms with van der Waals surface area (Å²) in [5.74, 6) is 0. The Labute approximate surface area is 238 Å². The second-order valence-electron chi connectivity index (χ2n) is 8.37. The Morgan fingerprint density at radius 2 is 0.853 bits per heavy atom. The van der Waals surface area contributed by atoms with E-state index in [0.29, 0.717) is 0 Å². The number of aryl methyl sites for hydroxylation is 2. The molecule has 0 saturated carbocycles. The van der Waals surface area contributed by atoms with Crippen LogP contribution in [-0.2, 0) is 17.4 Å². The first-order chi connectivity index (χ1) is 15.9. The molecule has 0 aliphatic carbocycles. The zero-order chi connectivity index (χ0) is 24.6. The SMILES string of the molecule is CCCCCCCCc1cc[c-]cc1.CCCCCCCCc1cc[c-]cc1.O=P(O)(O)O.[Ca+2]. The van der Waals surface area contributed by atoms with Crippen molar-refractivity contribution >= 4 is 45.6 Å². The average molecular weight is 517 g/mol. The summed E-state index contributed by atoms with van der Waals surface area (Å²) >= 11 is 0. The molecule has 2 aromatic carbocycles. The summed E-state index contributed by atoms with van der Waals surface area (Å²) in [5.41, 5.74) is 2.92. The zero-order valence-electron chi connectivity index (χ0n) is 21.4. The van der Waals surface area contributed by atoms with Gasteiger partial charge in [-0.05, 0) is 0 Å². The van der Waals surface area contributed by atoms with Crippen molar-refractivity contribution in [2.75, 3.05) is 0 Å². The van der Waals surface area contributed by atoms with Gasteiger partial charge in [-0.1, -0.05) is 104 Å². The van der Waals surface area contributed by atoms with Gasteiger partial charge in [0.15, 0.2) is 0 Å². The van der Waals surface area contributed by atoms with E-state index in [1.54, 1.807) is 0 Å². The van der Waals surface area contributed by atoms with Crippen LogP contribution in [0.25, 0.3) is 0 Å². The van der Waals surface area contributed by atoms with Gasteiger partial charge in [0.2, 0.25) is 0 Å². The van der Waals surface area contributed by atoms with Crippen LogP contribution >= 0.6 is 7.82 Å². The maximum Gasteiger partial charge on any atom is 2.00 e. The van der Waals surface area contributed by atoms with E-state index in [1.807, 2.05) is 24.3 Å². The van der Waals surface area contributed by atoms with Crippen molar-refractivity contribution in [3.8, 4) is 0 Å². The second-order valence-corrected chi connectivity index (χ2v) is 9.39. The third-order valence-electron chi connectivity index (χ3n) is 5.21. The minimum absolute atomic E-state index is 0. The number of hydrogen-bond acceptors (Lipinski definition) is 1. The van der Waals surface area contributed by atoms with Gasteiger partial charge in [-0.25, -0.2) is 4.57 Å². The Morgan fingerprint density at radius 3 is 1.15 bits per heavy atom. The van der Waals surface area contributed by atoms with Crippen LogP contribution in [0.4, 0.5) is 0 Å². The Kier molecular flexibility index (Phi) is 27.4. The molecule has 188 valence electrons. The number of benzene rings is 2. The van der Waals surface area contributed by atoms with Crippen molar-refractivity contribution in [3.05, 3.63) is 71.8 Å². The number of phosphoric acid groups is 1. The van der Waals surface area contributed by atoms with E-state index in [9.17, 15) is 0 Å². The largest absolute Gasteiger partial charge is 2.00 e. The molecule has 2 rings (SSSR count). The molecule has 0 atom stereocenters. The molecule has 0 bridgehead atoms. The molecule has 0 heterocycles. The van der Waals surface area contributed by atoms with Gasteiger partial charge in [0.1, 0.15) is 0 Å². The topological polar surface area (TPSA) is 77.8 Å². The summed E-state index contributed by atoms with van der Waals surface area (Å²) < 4.78 is 8.88. The normalized spacial score (nSPS) is 10.3. The molecule has 0 aromatic heterocycles. The van der Waals surface area contributed by atoms with E-state index in [4.69, 9.17) is 19.2 Å². The quantitative estimate of drug-likeness (QED) is 0.105. The van der Waals surface area contributed by atoms with Gasteiger partial charge in [-0.2, -0.15) is 71.8 Å². The van der Waals surface area contributed by atoms with E-state index in [-0.39, 0.29) is 37.7 Å². The summed E-state index contributed by atoms with van der Waals surface area (Å²) in [6, 6.07) is 22.8. The van der Waals surface area contributed by atoms with E-state index < -0.39 is 7.82 Å². The Bertz CT molecular complexity index is 632. The van der Waals surface area contributed by atoms with Gasteiger partial charge >= 0.3 is 45.6 Å². The monoisotopic (exact) mass is 516 g/mol. The van der Waals surface area contributed by atoms with Crippen LogP contribution in [0.15, 0.2) is 48.5 Å². The molecule has 0 fully saturated rings. The van der Waals surface area contributed by atoms with Crippen LogP contribution in [0.2, 0.25) is 0 Å². The van der Waals surface area contributed by atoms with E-state index in [0.717, 1.165) is 0 Å². The van der Waals surface area contributed by atoms with Crippen molar-refractivity contribution < 1.29 is 19.2 Å². The summed E-state index contributed by atoms with van der Waals surface area (Å²) in [6.45, 7) is 4.53. The second kappa shape index (κ2) is 25.9. The fourth-order valence-electron chi connectivity index (χ4n) is 3.40. The minimum Gasteiger partial charge on any atom is -0.303 e. The zero-order valence-corrected chi connectivity index (χ0v) is 24.5. The Morgan fingerprint density at radius 1 is 0.588 bits per heavy atom. The summed E-state index contributed by atoms with van der Waals surface area (Å²) in [5, 5.41) is 0. The van der Waals surface area contributed by atoms with Gasteiger partial charge in [-0.15, -0.1) is 0 Å². The van der Waals surface area contributed by atoms with Crippen molar-refractivity contribution in [3.63, 3.8) is 0 Å². The van der Waals surface area contributed by atoms with Gasteiger partial charge in [0.05, 0.1) is 0 Å². The van der Waals surface area contributed by atoms with Gasteiger partial charge in [-0.3, -0.25) is 0 Å². The maximum absolute atomic E-state index is 8.88. The standard InChI is InChI=1S/2C14H21.Ca.H3O4P/c2*1-2-3-4-5-6-8-11-14-12-9-7-10-13-14;;1-5(2,3)4/h2*9-10,12-13H,2-6,8,11H2,1H3;;(H3,1,2,3,4)/q2*-1;+2;. The molecule has 0 unspecified atom stereocenters. The van der Waals surface area contributed by atoms with Crippen molar-refractivity contribution in [1.82, 2.24) is 0 Å². The minimum atomic E-state index is -4.64. The molecule has 4 nitrogen and oxygen atoms in total. The van der Waals surface area contributed by atoms with Crippen LogP contribution in [-0.4, -0.2) is 52.4 Å². The molecular formula is C28H45CaO4P. The molecule has 0 amide bonds. The van der Waals surface area contributed by atoms with Gasteiger partial charge < -0.3 is 14.7 Å². The summed E-state index contributed by atoms with van der Waals surface area (Å²) in [7, 11) is -4.64. The molecule has 0 aliphatic rings. The molecule has 0 saturated heterocycles. The van der Waals surface area contributed by atoms with E-state index in [2.05, 4.69) is 50.2 Å². The van der Waals surface area contributed by atoms with Gasteiger partial charge in [0, 0.05) is 0 Å². The predicted octanol–water partition coefficient (Wildman–Crippen LogP) is 7.47. The van der Waals surface area contributed by atoms with Crippen LogP contribution < -0.4 is 0 Å². The fraction of sp³-hybridized carbons (Fsp3) is 0.571. The van der Waals surface area contributed by atoms with Crippen molar-refractivity contribution in [1.29, 1.82) is 0 Å². The molecule has 0 spiro atoms. The Balaban J connectivity index is 0. The van der Waals surface area contributed by atoms with Crippen LogP contribution in [0, 0.1) is 12.1 Å². The number of hydrogen-bond donors (Lipinski definition) is 3. The fourth-order valence-corrected chi connectivity index (χ4v) is 3.40. The van der Waals surface area contributed by atoms with Crippen molar-refractivity contribution in [2.24, 2.45) is 0 Å². The molecule has 6 heteroatoms. The molecule has 2 aromatic rings. The third kappa shape index (κ3) is 29.8. The van der Waals surface area contributed by atoms with Crippen LogP contribution in [0.3, 0.4) is 0 Å². The van der Waals surface area contributed by atoms with E-state index >= 15 is 0 Å². The first-order valence-corrected chi connectivity index (χ1v) is 14.1. The molecular weight excluding hydrogens is 471 g/mol. The average Bonchev–Trinajstić information content (AvgIpc) is 2.79. The van der Waals surface area contributed by atoms with Crippen molar-refractivity contribution in [2.45, 2.75) is 104 Å². The maximum atomic E-state index is 8.88. The summed E-state index contributed by atoms with van der Waals surface area (Å²) in [4.78, 5) is 21.6. The number of unbranched alkanes of at least 4 members (excludes halogenated alkanes) is 10. The first-order valence-electron chi connectivity index (χ1n) is 12.5. The van der Waals surface area contributed by atoms with Crippen LogP contribution in [0.5, 0.6) is 0 Å². The molecule has 3 N–H and O–H groups in total. The van der Waals surface area contributed by atoms with E-state index in [1.165, 1.54) is 101 Å². The molecule has 0 radical (unpaired) electrons. The molecule has 0 aliphatic heterocycles. The smallest absolute Gasteiger partial charge is 0.303 e. The van der Waals surface area contributed by atoms with Gasteiger partial charge in [0.25, 0.3) is 0 Å². The molecule has 34 heavy (non-hydrogen) atoms. The summed E-state index contributed by atoms with van der Waals surface area (Å²) in [6.07, 6.45) is 19.1. The first kappa shape index (κ1) is 36.0. The van der Waals surface area contributed by atoms with Crippen LogP contribution in [0.1, 0.15) is 102 Å². The number of rotatable bonds is 14. The Hall–Kier alpha value is -0.190.